The molecule has 0 radical (unpaired) electrons. The van der Waals surface area contributed by atoms with Crippen LogP contribution >= 0.6 is 0 Å². The SMILES string of the molecule is OCC1CC1c1ccc(OCc2ccccc2)cc1. The molecule has 2 aromatic carbocycles. The van der Waals surface area contributed by atoms with Crippen molar-refractivity contribution in [3.8, 4) is 5.75 Å². The van der Waals surface area contributed by atoms with Gasteiger partial charge in [0.25, 0.3) is 0 Å². The number of ether oxygens (including phenoxy) is 1. The summed E-state index contributed by atoms with van der Waals surface area (Å²) in [4.78, 5) is 0. The van der Waals surface area contributed by atoms with Crippen LogP contribution in [0.4, 0.5) is 0 Å². The lowest BCUT2D eigenvalue weighted by Crippen LogP contribution is -1.95. The number of hydrogen-bond acceptors (Lipinski definition) is 2. The summed E-state index contributed by atoms with van der Waals surface area (Å²) < 4.78 is 5.75. The zero-order chi connectivity index (χ0) is 13.1. The second-order valence-corrected chi connectivity index (χ2v) is 5.13. The van der Waals surface area contributed by atoms with Crippen molar-refractivity contribution in [3.63, 3.8) is 0 Å². The van der Waals surface area contributed by atoms with Crippen LogP contribution < -0.4 is 4.74 Å². The van der Waals surface area contributed by atoms with Gasteiger partial charge in [-0.05, 0) is 41.5 Å². The fraction of sp³-hybridized carbons (Fsp3) is 0.294. The van der Waals surface area contributed by atoms with Crippen LogP contribution in [0.3, 0.4) is 0 Å². The van der Waals surface area contributed by atoms with E-state index in [2.05, 4.69) is 24.3 Å². The normalized spacial score (nSPS) is 21.1. The van der Waals surface area contributed by atoms with E-state index in [-0.39, 0.29) is 0 Å². The van der Waals surface area contributed by atoms with E-state index in [9.17, 15) is 0 Å². The first-order valence-corrected chi connectivity index (χ1v) is 6.74. The Morgan fingerprint density at radius 3 is 2.37 bits per heavy atom. The molecule has 1 aliphatic carbocycles. The zero-order valence-corrected chi connectivity index (χ0v) is 10.8. The molecule has 0 saturated heterocycles. The van der Waals surface area contributed by atoms with E-state index < -0.39 is 0 Å². The van der Waals surface area contributed by atoms with Gasteiger partial charge in [-0.15, -0.1) is 0 Å². The van der Waals surface area contributed by atoms with Gasteiger partial charge in [0.2, 0.25) is 0 Å². The third-order valence-electron chi connectivity index (χ3n) is 3.71. The van der Waals surface area contributed by atoms with Gasteiger partial charge in [-0.1, -0.05) is 42.5 Å². The average molecular weight is 254 g/mol. The lowest BCUT2D eigenvalue weighted by molar-refractivity contribution is 0.274. The quantitative estimate of drug-likeness (QED) is 0.886. The van der Waals surface area contributed by atoms with Crippen LogP contribution in [0.2, 0.25) is 0 Å². The lowest BCUT2D eigenvalue weighted by Gasteiger charge is -2.07. The van der Waals surface area contributed by atoms with Crippen molar-refractivity contribution in [2.75, 3.05) is 6.61 Å². The van der Waals surface area contributed by atoms with E-state index in [1.54, 1.807) is 0 Å². The molecule has 2 unspecified atom stereocenters. The molecule has 2 atom stereocenters. The molecule has 0 aromatic heterocycles. The molecular weight excluding hydrogens is 236 g/mol. The number of rotatable bonds is 5. The first-order valence-electron chi connectivity index (χ1n) is 6.74. The Bertz CT molecular complexity index is 519. The van der Waals surface area contributed by atoms with Crippen molar-refractivity contribution in [1.29, 1.82) is 0 Å². The molecule has 0 amide bonds. The molecule has 1 saturated carbocycles. The molecule has 0 spiro atoms. The fourth-order valence-corrected chi connectivity index (χ4v) is 2.41. The first-order chi connectivity index (χ1) is 9.36. The van der Waals surface area contributed by atoms with Gasteiger partial charge in [-0.25, -0.2) is 0 Å². The Morgan fingerprint density at radius 1 is 1.00 bits per heavy atom. The van der Waals surface area contributed by atoms with Crippen molar-refractivity contribution in [1.82, 2.24) is 0 Å². The molecule has 0 bridgehead atoms. The highest BCUT2D eigenvalue weighted by atomic mass is 16.5. The van der Waals surface area contributed by atoms with Crippen LogP contribution in [0.1, 0.15) is 23.5 Å². The highest BCUT2D eigenvalue weighted by Crippen LogP contribution is 2.47. The lowest BCUT2D eigenvalue weighted by atomic mass is 10.1. The maximum atomic E-state index is 9.08. The molecule has 1 N–H and O–H groups in total. The Labute approximate surface area is 113 Å². The van der Waals surface area contributed by atoms with Crippen LogP contribution in [-0.2, 0) is 6.61 Å². The summed E-state index contributed by atoms with van der Waals surface area (Å²) in [5, 5.41) is 9.08. The van der Waals surface area contributed by atoms with E-state index in [0.717, 1.165) is 12.2 Å². The van der Waals surface area contributed by atoms with E-state index in [1.165, 1.54) is 11.1 Å². The number of aliphatic hydroxyl groups is 1. The van der Waals surface area contributed by atoms with Gasteiger partial charge < -0.3 is 9.84 Å². The topological polar surface area (TPSA) is 29.5 Å². The minimum Gasteiger partial charge on any atom is -0.489 e. The highest BCUT2D eigenvalue weighted by molar-refractivity contribution is 5.32. The maximum absolute atomic E-state index is 9.08. The van der Waals surface area contributed by atoms with Crippen LogP contribution in [0, 0.1) is 5.92 Å². The van der Waals surface area contributed by atoms with Crippen molar-refractivity contribution >= 4 is 0 Å². The van der Waals surface area contributed by atoms with Gasteiger partial charge in [0.05, 0.1) is 0 Å². The van der Waals surface area contributed by atoms with E-state index in [4.69, 9.17) is 9.84 Å². The monoisotopic (exact) mass is 254 g/mol. The minimum atomic E-state index is 0.303. The smallest absolute Gasteiger partial charge is 0.119 e. The predicted octanol–water partition coefficient (Wildman–Crippen LogP) is 3.36. The second kappa shape index (κ2) is 5.45. The molecule has 1 fully saturated rings. The maximum Gasteiger partial charge on any atom is 0.119 e. The predicted molar refractivity (Wildman–Crippen MR) is 75.1 cm³/mol. The summed E-state index contributed by atoms with van der Waals surface area (Å²) in [6, 6.07) is 18.4. The number of aliphatic hydroxyl groups excluding tert-OH is 1. The molecule has 2 heteroatoms. The minimum absolute atomic E-state index is 0.303. The third kappa shape index (κ3) is 2.96. The molecular formula is C17H18O2. The first kappa shape index (κ1) is 12.2. The second-order valence-electron chi connectivity index (χ2n) is 5.13. The van der Waals surface area contributed by atoms with Crippen molar-refractivity contribution in [2.24, 2.45) is 5.92 Å². The average Bonchev–Trinajstić information content (AvgIpc) is 3.26. The molecule has 2 nitrogen and oxygen atoms in total. The van der Waals surface area contributed by atoms with Crippen LogP contribution in [0.15, 0.2) is 54.6 Å². The Balaban J connectivity index is 1.58. The zero-order valence-electron chi connectivity index (χ0n) is 10.8. The number of benzene rings is 2. The molecule has 1 aliphatic rings. The van der Waals surface area contributed by atoms with Crippen molar-refractivity contribution in [3.05, 3.63) is 65.7 Å². The molecule has 3 rings (SSSR count). The van der Waals surface area contributed by atoms with E-state index in [0.29, 0.717) is 25.0 Å². The fourth-order valence-electron chi connectivity index (χ4n) is 2.41. The Kier molecular flexibility index (Phi) is 3.51. The molecule has 98 valence electrons. The summed E-state index contributed by atoms with van der Waals surface area (Å²) >= 11 is 0. The summed E-state index contributed by atoms with van der Waals surface area (Å²) in [6.07, 6.45) is 1.11. The summed E-state index contributed by atoms with van der Waals surface area (Å²) in [5.41, 5.74) is 2.49. The van der Waals surface area contributed by atoms with Crippen LogP contribution in [0.5, 0.6) is 5.75 Å². The number of hydrogen-bond donors (Lipinski definition) is 1. The van der Waals surface area contributed by atoms with Gasteiger partial charge in [0.1, 0.15) is 12.4 Å². The van der Waals surface area contributed by atoms with Crippen molar-refractivity contribution < 1.29 is 9.84 Å². The molecule has 0 heterocycles. The summed E-state index contributed by atoms with van der Waals surface area (Å²) in [5.74, 6) is 1.91. The van der Waals surface area contributed by atoms with Gasteiger partial charge >= 0.3 is 0 Å². The van der Waals surface area contributed by atoms with Gasteiger partial charge in [0.15, 0.2) is 0 Å². The van der Waals surface area contributed by atoms with Crippen LogP contribution in [0.25, 0.3) is 0 Å². The molecule has 2 aromatic rings. The highest BCUT2D eigenvalue weighted by Gasteiger charge is 2.37. The third-order valence-corrected chi connectivity index (χ3v) is 3.71. The van der Waals surface area contributed by atoms with Gasteiger partial charge in [-0.2, -0.15) is 0 Å². The van der Waals surface area contributed by atoms with Gasteiger partial charge in [0, 0.05) is 6.61 Å². The Morgan fingerprint density at radius 2 is 1.74 bits per heavy atom. The molecule has 19 heavy (non-hydrogen) atoms. The summed E-state index contributed by atoms with van der Waals surface area (Å²) in [7, 11) is 0. The van der Waals surface area contributed by atoms with E-state index in [1.807, 2.05) is 30.3 Å². The van der Waals surface area contributed by atoms with Crippen molar-refractivity contribution in [2.45, 2.75) is 18.9 Å². The van der Waals surface area contributed by atoms with E-state index >= 15 is 0 Å². The summed E-state index contributed by atoms with van der Waals surface area (Å²) in [6.45, 7) is 0.903. The van der Waals surface area contributed by atoms with Crippen LogP contribution in [-0.4, -0.2) is 11.7 Å². The Hall–Kier alpha value is -1.80. The largest absolute Gasteiger partial charge is 0.489 e. The standard InChI is InChI=1S/C17H18O2/c18-11-15-10-17(15)14-6-8-16(9-7-14)19-12-13-4-2-1-3-5-13/h1-9,15,17-18H,10-12H2. The molecule has 0 aliphatic heterocycles. The van der Waals surface area contributed by atoms with Gasteiger partial charge in [-0.3, -0.25) is 0 Å².